The molecule has 2 aliphatic rings. The lowest BCUT2D eigenvalue weighted by atomic mass is 9.96. The van der Waals surface area contributed by atoms with Crippen LogP contribution in [-0.2, 0) is 18.3 Å². The molecule has 7 nitrogen and oxygen atoms in total. The van der Waals surface area contributed by atoms with Gasteiger partial charge in [-0.25, -0.2) is 0 Å². The molecule has 0 bridgehead atoms. The third-order valence-corrected chi connectivity index (χ3v) is 5.81. The van der Waals surface area contributed by atoms with Crippen LogP contribution in [0.5, 0.6) is 0 Å². The molecule has 28 heavy (non-hydrogen) atoms. The summed E-state index contributed by atoms with van der Waals surface area (Å²) < 4.78 is 7.55. The van der Waals surface area contributed by atoms with Crippen molar-refractivity contribution < 1.29 is 9.53 Å². The first kappa shape index (κ1) is 19.1. The highest BCUT2D eigenvalue weighted by Crippen LogP contribution is 2.27. The Bertz CT molecular complexity index is 828. The lowest BCUT2D eigenvalue weighted by Gasteiger charge is -2.32. The van der Waals surface area contributed by atoms with Crippen molar-refractivity contribution in [2.24, 2.45) is 7.05 Å². The van der Waals surface area contributed by atoms with E-state index in [0.29, 0.717) is 6.54 Å². The van der Waals surface area contributed by atoms with Gasteiger partial charge >= 0.3 is 0 Å². The molecule has 0 saturated carbocycles. The van der Waals surface area contributed by atoms with Gasteiger partial charge in [0, 0.05) is 44.7 Å². The molecular formula is C21H29N5O2. The van der Waals surface area contributed by atoms with E-state index in [4.69, 9.17) is 4.74 Å². The van der Waals surface area contributed by atoms with E-state index < -0.39 is 0 Å². The van der Waals surface area contributed by atoms with Gasteiger partial charge < -0.3 is 14.2 Å². The average Bonchev–Trinajstić information content (AvgIpc) is 3.08. The fourth-order valence-corrected chi connectivity index (χ4v) is 4.16. The number of hydrogen-bond donors (Lipinski definition) is 0. The summed E-state index contributed by atoms with van der Waals surface area (Å²) in [6, 6.07) is 7.84. The molecule has 2 aliphatic heterocycles. The maximum Gasteiger partial charge on any atom is 0.253 e. The van der Waals surface area contributed by atoms with Crippen molar-refractivity contribution in [3.8, 4) is 0 Å². The number of carbonyl (C=O) groups excluding carboxylic acids is 1. The van der Waals surface area contributed by atoms with Crippen LogP contribution in [0.15, 0.2) is 24.3 Å². The Hall–Kier alpha value is -2.25. The minimum absolute atomic E-state index is 0.115. The number of nitrogens with zero attached hydrogens (tertiary/aromatic N) is 5. The van der Waals surface area contributed by atoms with E-state index in [1.54, 1.807) is 0 Å². The second-order valence-corrected chi connectivity index (χ2v) is 7.88. The molecule has 4 rings (SSSR count). The fourth-order valence-electron chi connectivity index (χ4n) is 4.16. The van der Waals surface area contributed by atoms with E-state index >= 15 is 0 Å². The summed E-state index contributed by atoms with van der Waals surface area (Å²) in [4.78, 5) is 17.3. The van der Waals surface area contributed by atoms with Crippen LogP contribution in [0.25, 0.3) is 0 Å². The molecule has 0 spiro atoms. The number of morpholine rings is 1. The van der Waals surface area contributed by atoms with Crippen LogP contribution in [0, 0.1) is 6.92 Å². The van der Waals surface area contributed by atoms with Crippen molar-refractivity contribution in [3.63, 3.8) is 0 Å². The van der Waals surface area contributed by atoms with E-state index in [1.165, 1.54) is 0 Å². The number of hydrogen-bond acceptors (Lipinski definition) is 5. The lowest BCUT2D eigenvalue weighted by molar-refractivity contribution is 0.0326. The molecule has 0 aliphatic carbocycles. The van der Waals surface area contributed by atoms with Crippen molar-refractivity contribution in [2.75, 3.05) is 39.4 Å². The fraction of sp³-hybridized carbons (Fsp3) is 0.571. The SMILES string of the molecule is Cc1cccc(C(=O)N2CCCC(c3nnc(CN4CCOCC4)n3C)C2)c1. The Labute approximate surface area is 166 Å². The molecule has 1 atom stereocenters. The van der Waals surface area contributed by atoms with Gasteiger partial charge in [0.05, 0.1) is 19.8 Å². The number of rotatable bonds is 4. The van der Waals surface area contributed by atoms with Crippen LogP contribution in [0.4, 0.5) is 0 Å². The third-order valence-electron chi connectivity index (χ3n) is 5.81. The van der Waals surface area contributed by atoms with Crippen LogP contribution >= 0.6 is 0 Å². The third kappa shape index (κ3) is 4.10. The van der Waals surface area contributed by atoms with E-state index in [-0.39, 0.29) is 11.8 Å². The van der Waals surface area contributed by atoms with Gasteiger partial charge in [0.25, 0.3) is 5.91 Å². The van der Waals surface area contributed by atoms with Crippen molar-refractivity contribution in [2.45, 2.75) is 32.2 Å². The van der Waals surface area contributed by atoms with Crippen molar-refractivity contribution in [3.05, 3.63) is 47.0 Å². The molecule has 1 unspecified atom stereocenters. The minimum atomic E-state index is 0.115. The summed E-state index contributed by atoms with van der Waals surface area (Å²) in [7, 11) is 2.05. The molecule has 2 aromatic rings. The Morgan fingerprint density at radius 3 is 2.82 bits per heavy atom. The highest BCUT2D eigenvalue weighted by Gasteiger charge is 2.29. The highest BCUT2D eigenvalue weighted by atomic mass is 16.5. The molecule has 3 heterocycles. The normalized spacial score (nSPS) is 21.1. The van der Waals surface area contributed by atoms with Gasteiger partial charge in [-0.05, 0) is 31.9 Å². The van der Waals surface area contributed by atoms with E-state index in [1.807, 2.05) is 43.1 Å². The number of carbonyl (C=O) groups is 1. The number of benzene rings is 1. The first-order chi connectivity index (χ1) is 13.6. The van der Waals surface area contributed by atoms with Crippen LogP contribution in [0.3, 0.4) is 0 Å². The molecule has 2 fully saturated rings. The number of amides is 1. The lowest BCUT2D eigenvalue weighted by Crippen LogP contribution is -2.40. The maximum atomic E-state index is 12.9. The Morgan fingerprint density at radius 1 is 1.21 bits per heavy atom. The van der Waals surface area contributed by atoms with Crippen molar-refractivity contribution in [1.29, 1.82) is 0 Å². The van der Waals surface area contributed by atoms with Gasteiger partial charge in [-0.3, -0.25) is 9.69 Å². The predicted octanol–water partition coefficient (Wildman–Crippen LogP) is 1.98. The second kappa shape index (κ2) is 8.41. The number of piperidine rings is 1. The summed E-state index contributed by atoms with van der Waals surface area (Å²) in [6.07, 6.45) is 2.04. The largest absolute Gasteiger partial charge is 0.379 e. The molecule has 2 saturated heterocycles. The van der Waals surface area contributed by atoms with Crippen LogP contribution in [0.2, 0.25) is 0 Å². The van der Waals surface area contributed by atoms with E-state index in [2.05, 4.69) is 19.7 Å². The summed E-state index contributed by atoms with van der Waals surface area (Å²) in [5, 5.41) is 8.95. The highest BCUT2D eigenvalue weighted by molar-refractivity contribution is 5.94. The van der Waals surface area contributed by atoms with Crippen LogP contribution < -0.4 is 0 Å². The number of likely N-dealkylation sites (tertiary alicyclic amines) is 1. The molecule has 0 N–H and O–H groups in total. The van der Waals surface area contributed by atoms with Gasteiger partial charge in [-0.15, -0.1) is 10.2 Å². The summed E-state index contributed by atoms with van der Waals surface area (Å²) in [5.41, 5.74) is 1.88. The smallest absolute Gasteiger partial charge is 0.253 e. The average molecular weight is 383 g/mol. The molecule has 1 amide bonds. The van der Waals surface area contributed by atoms with Gasteiger partial charge in [-0.1, -0.05) is 17.7 Å². The molecular weight excluding hydrogens is 354 g/mol. The first-order valence-corrected chi connectivity index (χ1v) is 10.2. The second-order valence-electron chi connectivity index (χ2n) is 7.88. The van der Waals surface area contributed by atoms with Gasteiger partial charge in [-0.2, -0.15) is 0 Å². The predicted molar refractivity (Wildman–Crippen MR) is 106 cm³/mol. The standard InChI is InChI=1S/C21H29N5O2/c1-16-5-3-6-17(13-16)21(27)26-8-4-7-18(14-26)20-23-22-19(24(20)2)15-25-9-11-28-12-10-25/h3,5-6,13,18H,4,7-12,14-15H2,1-2H3. The summed E-state index contributed by atoms with van der Waals surface area (Å²) >= 11 is 0. The molecule has 1 aromatic heterocycles. The van der Waals surface area contributed by atoms with Crippen LogP contribution in [0.1, 0.15) is 46.3 Å². The molecule has 150 valence electrons. The minimum Gasteiger partial charge on any atom is -0.379 e. The Kier molecular flexibility index (Phi) is 5.73. The summed E-state index contributed by atoms with van der Waals surface area (Å²) in [5.74, 6) is 2.33. The summed E-state index contributed by atoms with van der Waals surface area (Å²) in [6.45, 7) is 7.76. The Morgan fingerprint density at radius 2 is 2.04 bits per heavy atom. The van der Waals surface area contributed by atoms with Gasteiger partial charge in [0.15, 0.2) is 0 Å². The quantitative estimate of drug-likeness (QED) is 0.808. The van der Waals surface area contributed by atoms with Crippen LogP contribution in [-0.4, -0.2) is 69.9 Å². The molecule has 7 heteroatoms. The Balaban J connectivity index is 1.45. The topological polar surface area (TPSA) is 63.5 Å². The zero-order chi connectivity index (χ0) is 19.5. The zero-order valence-electron chi connectivity index (χ0n) is 16.8. The maximum absolute atomic E-state index is 12.9. The van der Waals surface area contributed by atoms with Crippen molar-refractivity contribution in [1.82, 2.24) is 24.6 Å². The van der Waals surface area contributed by atoms with E-state index in [0.717, 1.165) is 75.0 Å². The van der Waals surface area contributed by atoms with E-state index in [9.17, 15) is 4.79 Å². The number of aromatic nitrogens is 3. The zero-order valence-corrected chi connectivity index (χ0v) is 16.8. The van der Waals surface area contributed by atoms with Gasteiger partial charge in [0.2, 0.25) is 0 Å². The first-order valence-electron chi connectivity index (χ1n) is 10.2. The number of ether oxygens (including phenoxy) is 1. The monoisotopic (exact) mass is 383 g/mol. The van der Waals surface area contributed by atoms with Crippen molar-refractivity contribution >= 4 is 5.91 Å². The van der Waals surface area contributed by atoms with Gasteiger partial charge in [0.1, 0.15) is 11.6 Å². The molecule has 1 aromatic carbocycles. The number of aryl methyl sites for hydroxylation is 1. The molecule has 0 radical (unpaired) electrons.